The number of sulfonamides is 2. The van der Waals surface area contributed by atoms with E-state index in [4.69, 9.17) is 11.6 Å². The minimum Gasteiger partial charge on any atom is -0.325 e. The molecular formula is C24H23ClF3N3O5S2. The standard InChI is InChI=1S/C24H23ClF3N3O5S2/c1-15-5-4-6-22(16(15)2)31(37(3,33)34)14-23(32)29-17-7-10-19(11-8-17)38(35,36)30-18-9-12-21(25)20(13-18)24(26,27)28/h4-13,30H,14H2,1-3H3,(H,29,32). The van der Waals surface area contributed by atoms with Gasteiger partial charge < -0.3 is 5.32 Å². The van der Waals surface area contributed by atoms with Crippen molar-refractivity contribution in [1.82, 2.24) is 0 Å². The number of anilines is 3. The highest BCUT2D eigenvalue weighted by molar-refractivity contribution is 7.92. The van der Waals surface area contributed by atoms with Crippen LogP contribution in [0.2, 0.25) is 5.02 Å². The van der Waals surface area contributed by atoms with Gasteiger partial charge in [-0.25, -0.2) is 16.8 Å². The molecule has 1 amide bonds. The average molecular weight is 590 g/mol. The number of halogens is 4. The molecule has 0 saturated heterocycles. The van der Waals surface area contributed by atoms with Crippen molar-refractivity contribution in [2.24, 2.45) is 0 Å². The third-order valence-corrected chi connectivity index (χ3v) is 8.36. The first-order valence-corrected chi connectivity index (χ1v) is 14.5. The van der Waals surface area contributed by atoms with Gasteiger partial charge >= 0.3 is 6.18 Å². The number of carbonyl (C=O) groups excluding carboxylic acids is 1. The fourth-order valence-electron chi connectivity index (χ4n) is 3.46. The highest BCUT2D eigenvalue weighted by Crippen LogP contribution is 2.36. The van der Waals surface area contributed by atoms with Gasteiger partial charge in [0.1, 0.15) is 6.54 Å². The fraction of sp³-hybridized carbons (Fsp3) is 0.208. The molecule has 3 aromatic carbocycles. The number of hydrogen-bond acceptors (Lipinski definition) is 5. The third kappa shape index (κ3) is 6.97. The van der Waals surface area contributed by atoms with Crippen LogP contribution in [0.15, 0.2) is 65.6 Å². The molecule has 3 aromatic rings. The van der Waals surface area contributed by atoms with E-state index in [1.54, 1.807) is 19.1 Å². The lowest BCUT2D eigenvalue weighted by molar-refractivity contribution is -0.137. The van der Waals surface area contributed by atoms with Crippen molar-refractivity contribution >= 4 is 54.6 Å². The van der Waals surface area contributed by atoms with E-state index >= 15 is 0 Å². The van der Waals surface area contributed by atoms with Crippen LogP contribution >= 0.6 is 11.6 Å². The van der Waals surface area contributed by atoms with E-state index < -0.39 is 49.3 Å². The molecule has 0 fully saturated rings. The van der Waals surface area contributed by atoms with Crippen LogP contribution in [0.3, 0.4) is 0 Å². The second kappa shape index (κ2) is 10.8. The summed E-state index contributed by atoms with van der Waals surface area (Å²) in [6.45, 7) is 3.02. The van der Waals surface area contributed by atoms with E-state index in [-0.39, 0.29) is 16.3 Å². The monoisotopic (exact) mass is 589 g/mol. The van der Waals surface area contributed by atoms with Crippen LogP contribution in [-0.4, -0.2) is 35.5 Å². The Balaban J connectivity index is 1.76. The smallest absolute Gasteiger partial charge is 0.325 e. The number of benzene rings is 3. The van der Waals surface area contributed by atoms with Crippen LogP contribution in [0.1, 0.15) is 16.7 Å². The summed E-state index contributed by atoms with van der Waals surface area (Å²) >= 11 is 5.57. The Labute approximate surface area is 223 Å². The van der Waals surface area contributed by atoms with Gasteiger partial charge in [-0.2, -0.15) is 13.2 Å². The van der Waals surface area contributed by atoms with Crippen molar-refractivity contribution in [1.29, 1.82) is 0 Å². The first kappa shape index (κ1) is 29.3. The van der Waals surface area contributed by atoms with Crippen molar-refractivity contribution < 1.29 is 34.8 Å². The Hall–Kier alpha value is -3.29. The summed E-state index contributed by atoms with van der Waals surface area (Å²) in [5, 5.41) is 1.93. The zero-order valence-corrected chi connectivity index (χ0v) is 22.7. The van der Waals surface area contributed by atoms with E-state index in [0.29, 0.717) is 17.3 Å². The predicted octanol–water partition coefficient (Wildman–Crippen LogP) is 5.18. The van der Waals surface area contributed by atoms with Crippen molar-refractivity contribution in [2.75, 3.05) is 27.1 Å². The molecule has 8 nitrogen and oxygen atoms in total. The normalized spacial score (nSPS) is 12.2. The maximum Gasteiger partial charge on any atom is 0.417 e. The summed E-state index contributed by atoms with van der Waals surface area (Å²) in [7, 11) is -8.09. The molecule has 0 aliphatic rings. The largest absolute Gasteiger partial charge is 0.417 e. The number of nitrogens with zero attached hydrogens (tertiary/aromatic N) is 1. The summed E-state index contributed by atoms with van der Waals surface area (Å²) in [6, 6.07) is 12.5. The SMILES string of the molecule is Cc1cccc(N(CC(=O)Nc2ccc(S(=O)(=O)Nc3ccc(Cl)c(C(F)(F)F)c3)cc2)S(C)(=O)=O)c1C. The molecule has 0 aliphatic carbocycles. The molecule has 0 radical (unpaired) electrons. The van der Waals surface area contributed by atoms with Crippen LogP contribution in [0.4, 0.5) is 30.2 Å². The van der Waals surface area contributed by atoms with Crippen molar-refractivity contribution in [3.63, 3.8) is 0 Å². The second-order valence-corrected chi connectivity index (χ2v) is 12.4. The molecule has 2 N–H and O–H groups in total. The molecule has 38 heavy (non-hydrogen) atoms. The predicted molar refractivity (Wildman–Crippen MR) is 140 cm³/mol. The highest BCUT2D eigenvalue weighted by atomic mass is 35.5. The first-order chi connectivity index (χ1) is 17.5. The molecule has 204 valence electrons. The van der Waals surface area contributed by atoms with Crippen LogP contribution in [0.5, 0.6) is 0 Å². The van der Waals surface area contributed by atoms with Gasteiger partial charge in [-0.1, -0.05) is 23.7 Å². The Morgan fingerprint density at radius 2 is 1.55 bits per heavy atom. The maximum absolute atomic E-state index is 13.1. The first-order valence-electron chi connectivity index (χ1n) is 10.8. The summed E-state index contributed by atoms with van der Waals surface area (Å²) in [5.74, 6) is -0.675. The molecule has 0 bridgehead atoms. The molecule has 0 saturated carbocycles. The lowest BCUT2D eigenvalue weighted by Gasteiger charge is -2.24. The van der Waals surface area contributed by atoms with Crippen molar-refractivity contribution in [3.05, 3.63) is 82.4 Å². The number of carbonyl (C=O) groups is 1. The molecule has 0 aromatic heterocycles. The molecule has 0 heterocycles. The number of alkyl halides is 3. The summed E-state index contributed by atoms with van der Waals surface area (Å²) in [5.41, 5.74) is 0.527. The summed E-state index contributed by atoms with van der Waals surface area (Å²) < 4.78 is 92.4. The number of aryl methyl sites for hydroxylation is 1. The summed E-state index contributed by atoms with van der Waals surface area (Å²) in [4.78, 5) is 12.4. The van der Waals surface area contributed by atoms with Gasteiger partial charge in [-0.15, -0.1) is 0 Å². The van der Waals surface area contributed by atoms with Gasteiger partial charge in [0.25, 0.3) is 10.0 Å². The van der Waals surface area contributed by atoms with Gasteiger partial charge in [-0.3, -0.25) is 13.8 Å². The average Bonchev–Trinajstić information content (AvgIpc) is 2.79. The van der Waals surface area contributed by atoms with Crippen LogP contribution in [-0.2, 0) is 31.0 Å². The van der Waals surface area contributed by atoms with Crippen LogP contribution in [0, 0.1) is 13.8 Å². The Kier molecular flexibility index (Phi) is 8.34. The summed E-state index contributed by atoms with van der Waals surface area (Å²) in [6.07, 6.45) is -3.80. The van der Waals surface area contributed by atoms with Gasteiger partial charge in [0.15, 0.2) is 0 Å². The van der Waals surface area contributed by atoms with E-state index in [1.807, 2.05) is 13.0 Å². The molecule has 0 unspecified atom stereocenters. The number of amides is 1. The number of rotatable bonds is 8. The molecule has 0 spiro atoms. The van der Waals surface area contributed by atoms with Gasteiger partial charge in [0.05, 0.1) is 27.4 Å². The minimum atomic E-state index is -4.77. The van der Waals surface area contributed by atoms with Crippen LogP contribution < -0.4 is 14.3 Å². The molecule has 0 aliphatic heterocycles. The number of nitrogens with one attached hydrogen (secondary N) is 2. The fourth-order valence-corrected chi connectivity index (χ4v) is 5.64. The van der Waals surface area contributed by atoms with Gasteiger partial charge in [0, 0.05) is 11.4 Å². The lowest BCUT2D eigenvalue weighted by atomic mass is 10.1. The topological polar surface area (TPSA) is 113 Å². The van der Waals surface area contributed by atoms with Crippen molar-refractivity contribution in [2.45, 2.75) is 24.9 Å². The molecule has 14 heteroatoms. The minimum absolute atomic E-state index is 0.175. The van der Waals surface area contributed by atoms with E-state index in [0.717, 1.165) is 40.4 Å². The Bertz CT molecular complexity index is 1580. The highest BCUT2D eigenvalue weighted by Gasteiger charge is 2.33. The molecule has 3 rings (SSSR count). The van der Waals surface area contributed by atoms with E-state index in [2.05, 4.69) is 10.0 Å². The zero-order chi connectivity index (χ0) is 28.5. The Morgan fingerprint density at radius 3 is 2.13 bits per heavy atom. The van der Waals surface area contributed by atoms with Crippen molar-refractivity contribution in [3.8, 4) is 0 Å². The van der Waals surface area contributed by atoms with E-state index in [9.17, 15) is 34.8 Å². The van der Waals surface area contributed by atoms with Gasteiger partial charge in [-0.05, 0) is 73.5 Å². The zero-order valence-electron chi connectivity index (χ0n) is 20.3. The van der Waals surface area contributed by atoms with E-state index in [1.165, 1.54) is 12.1 Å². The van der Waals surface area contributed by atoms with Crippen LogP contribution in [0.25, 0.3) is 0 Å². The molecule has 0 atom stereocenters. The second-order valence-electron chi connectivity index (χ2n) is 8.36. The Morgan fingerprint density at radius 1 is 0.947 bits per heavy atom. The lowest BCUT2D eigenvalue weighted by Crippen LogP contribution is -2.38. The molecular weight excluding hydrogens is 567 g/mol. The third-order valence-electron chi connectivity index (χ3n) is 5.50. The quantitative estimate of drug-likeness (QED) is 0.376. The maximum atomic E-state index is 13.1. The van der Waals surface area contributed by atoms with Gasteiger partial charge in [0.2, 0.25) is 15.9 Å². The number of hydrogen-bond donors (Lipinski definition) is 2.